The van der Waals surface area contributed by atoms with Gasteiger partial charge in [0.25, 0.3) is 5.91 Å². The van der Waals surface area contributed by atoms with E-state index in [0.717, 1.165) is 5.56 Å². The molecular formula is C22H19N3O4. The van der Waals surface area contributed by atoms with E-state index >= 15 is 0 Å². The topological polar surface area (TPSA) is 89.9 Å². The third kappa shape index (κ3) is 5.26. The molecule has 0 saturated heterocycles. The SMILES string of the molecule is COc1cc(/C=N/NC(=O)c2cccnc2)ccc1OC(=O)c1ccc(C)cc1. The molecule has 0 radical (unpaired) electrons. The highest BCUT2D eigenvalue weighted by Crippen LogP contribution is 2.28. The third-order valence-corrected chi connectivity index (χ3v) is 3.98. The van der Waals surface area contributed by atoms with Gasteiger partial charge in [0.15, 0.2) is 11.5 Å². The van der Waals surface area contributed by atoms with E-state index in [1.807, 2.05) is 19.1 Å². The van der Waals surface area contributed by atoms with E-state index in [4.69, 9.17) is 9.47 Å². The van der Waals surface area contributed by atoms with Crippen LogP contribution in [0.3, 0.4) is 0 Å². The first kappa shape index (κ1) is 19.8. The molecule has 0 saturated carbocycles. The minimum Gasteiger partial charge on any atom is -0.493 e. The molecule has 1 aromatic heterocycles. The molecule has 0 aliphatic heterocycles. The maximum absolute atomic E-state index is 12.3. The number of amides is 1. The Kier molecular flexibility index (Phi) is 6.32. The van der Waals surface area contributed by atoms with Crippen LogP contribution in [0.1, 0.15) is 31.8 Å². The van der Waals surface area contributed by atoms with Crippen molar-refractivity contribution in [2.45, 2.75) is 6.92 Å². The zero-order valence-corrected chi connectivity index (χ0v) is 16.0. The molecule has 0 fully saturated rings. The van der Waals surface area contributed by atoms with Gasteiger partial charge in [0.05, 0.1) is 24.5 Å². The number of esters is 1. The summed E-state index contributed by atoms with van der Waals surface area (Å²) in [6.45, 7) is 1.94. The van der Waals surface area contributed by atoms with Gasteiger partial charge in [-0.05, 0) is 55.0 Å². The fraction of sp³-hybridized carbons (Fsp3) is 0.0909. The molecule has 0 aliphatic rings. The van der Waals surface area contributed by atoms with Gasteiger partial charge in [-0.3, -0.25) is 9.78 Å². The Bertz CT molecular complexity index is 1030. The standard InChI is InChI=1S/C22H19N3O4/c1-15-5-8-17(9-6-15)22(27)29-19-10-7-16(12-20(19)28-2)13-24-25-21(26)18-4-3-11-23-14-18/h3-14H,1-2H3,(H,25,26)/b24-13+. The smallest absolute Gasteiger partial charge is 0.343 e. The number of aromatic nitrogens is 1. The van der Waals surface area contributed by atoms with Gasteiger partial charge in [0.2, 0.25) is 0 Å². The van der Waals surface area contributed by atoms with Crippen molar-refractivity contribution in [2.75, 3.05) is 7.11 Å². The van der Waals surface area contributed by atoms with Crippen LogP contribution in [0.15, 0.2) is 72.1 Å². The first-order valence-electron chi connectivity index (χ1n) is 8.77. The second-order valence-corrected chi connectivity index (χ2v) is 6.11. The van der Waals surface area contributed by atoms with Crippen molar-refractivity contribution in [3.63, 3.8) is 0 Å². The lowest BCUT2D eigenvalue weighted by Gasteiger charge is -2.10. The lowest BCUT2D eigenvalue weighted by Crippen LogP contribution is -2.17. The number of nitrogens with zero attached hydrogens (tertiary/aromatic N) is 2. The highest BCUT2D eigenvalue weighted by atomic mass is 16.6. The van der Waals surface area contributed by atoms with Gasteiger partial charge >= 0.3 is 5.97 Å². The van der Waals surface area contributed by atoms with Crippen LogP contribution in [0.5, 0.6) is 11.5 Å². The molecule has 1 heterocycles. The Morgan fingerprint density at radius 1 is 1.03 bits per heavy atom. The molecule has 0 aliphatic carbocycles. The number of hydrazone groups is 1. The summed E-state index contributed by atoms with van der Waals surface area (Å²) in [4.78, 5) is 28.1. The minimum absolute atomic E-state index is 0.287. The number of carbonyl (C=O) groups excluding carboxylic acids is 2. The second-order valence-electron chi connectivity index (χ2n) is 6.11. The monoisotopic (exact) mass is 389 g/mol. The Hall–Kier alpha value is -4.00. The van der Waals surface area contributed by atoms with Crippen LogP contribution in [-0.4, -0.2) is 30.2 Å². The molecule has 3 aromatic rings. The first-order chi connectivity index (χ1) is 14.1. The zero-order chi connectivity index (χ0) is 20.6. The number of benzene rings is 2. The molecule has 0 spiro atoms. The highest BCUT2D eigenvalue weighted by Gasteiger charge is 2.12. The van der Waals surface area contributed by atoms with Gasteiger partial charge in [-0.15, -0.1) is 0 Å². The van der Waals surface area contributed by atoms with Crippen LogP contribution in [0.2, 0.25) is 0 Å². The van der Waals surface area contributed by atoms with Crippen LogP contribution in [-0.2, 0) is 0 Å². The van der Waals surface area contributed by atoms with Gasteiger partial charge in [0, 0.05) is 12.4 Å². The molecular weight excluding hydrogens is 370 g/mol. The Morgan fingerprint density at radius 3 is 2.52 bits per heavy atom. The van der Waals surface area contributed by atoms with Crippen LogP contribution in [0, 0.1) is 6.92 Å². The molecule has 0 atom stereocenters. The quantitative estimate of drug-likeness (QED) is 0.302. The van der Waals surface area contributed by atoms with Gasteiger partial charge < -0.3 is 9.47 Å². The molecule has 7 heteroatoms. The number of hydrogen-bond donors (Lipinski definition) is 1. The molecule has 146 valence electrons. The van der Waals surface area contributed by atoms with Gasteiger partial charge in [-0.25, -0.2) is 10.2 Å². The number of ether oxygens (including phenoxy) is 2. The van der Waals surface area contributed by atoms with Crippen molar-refractivity contribution in [3.8, 4) is 11.5 Å². The number of methoxy groups -OCH3 is 1. The van der Waals surface area contributed by atoms with Gasteiger partial charge in [0.1, 0.15) is 0 Å². The number of pyridine rings is 1. The average Bonchev–Trinajstić information content (AvgIpc) is 2.75. The van der Waals surface area contributed by atoms with Crippen LogP contribution in [0.4, 0.5) is 0 Å². The van der Waals surface area contributed by atoms with Crippen LogP contribution < -0.4 is 14.9 Å². The Balaban J connectivity index is 1.67. The molecule has 1 N–H and O–H groups in total. The fourth-order valence-corrected chi connectivity index (χ4v) is 2.42. The molecule has 29 heavy (non-hydrogen) atoms. The summed E-state index contributed by atoms with van der Waals surface area (Å²) in [6.07, 6.45) is 4.49. The summed E-state index contributed by atoms with van der Waals surface area (Å²) in [5, 5.41) is 3.92. The lowest BCUT2D eigenvalue weighted by molar-refractivity contribution is 0.0729. The van der Waals surface area contributed by atoms with Crippen molar-refractivity contribution in [1.29, 1.82) is 0 Å². The van der Waals surface area contributed by atoms with Crippen molar-refractivity contribution < 1.29 is 19.1 Å². The van der Waals surface area contributed by atoms with E-state index in [1.54, 1.807) is 48.7 Å². The zero-order valence-electron chi connectivity index (χ0n) is 16.0. The van der Waals surface area contributed by atoms with Crippen LogP contribution in [0.25, 0.3) is 0 Å². The first-order valence-corrected chi connectivity index (χ1v) is 8.77. The number of rotatable bonds is 6. The van der Waals surface area contributed by atoms with Gasteiger partial charge in [-0.2, -0.15) is 5.10 Å². The normalized spacial score (nSPS) is 10.6. The predicted molar refractivity (Wildman–Crippen MR) is 108 cm³/mol. The largest absolute Gasteiger partial charge is 0.493 e. The molecule has 2 aromatic carbocycles. The fourth-order valence-electron chi connectivity index (χ4n) is 2.42. The van der Waals surface area contributed by atoms with E-state index in [-0.39, 0.29) is 11.7 Å². The summed E-state index contributed by atoms with van der Waals surface area (Å²) in [6, 6.07) is 15.3. The third-order valence-electron chi connectivity index (χ3n) is 3.98. The minimum atomic E-state index is -0.478. The predicted octanol–water partition coefficient (Wildman–Crippen LogP) is 3.38. The highest BCUT2D eigenvalue weighted by molar-refractivity contribution is 5.94. The Morgan fingerprint density at radius 2 is 1.83 bits per heavy atom. The summed E-state index contributed by atoms with van der Waals surface area (Å²) in [7, 11) is 1.48. The average molecular weight is 389 g/mol. The van der Waals surface area contributed by atoms with E-state index < -0.39 is 5.97 Å². The van der Waals surface area contributed by atoms with Crippen molar-refractivity contribution >= 4 is 18.1 Å². The lowest BCUT2D eigenvalue weighted by atomic mass is 10.1. The van der Waals surface area contributed by atoms with Gasteiger partial charge in [-0.1, -0.05) is 17.7 Å². The molecule has 7 nitrogen and oxygen atoms in total. The number of carbonyl (C=O) groups is 2. The summed E-state index contributed by atoms with van der Waals surface area (Å²) < 4.78 is 10.7. The second kappa shape index (κ2) is 9.27. The van der Waals surface area contributed by atoms with Crippen molar-refractivity contribution in [3.05, 3.63) is 89.2 Å². The number of hydrogen-bond acceptors (Lipinski definition) is 6. The van der Waals surface area contributed by atoms with Crippen molar-refractivity contribution in [2.24, 2.45) is 5.10 Å². The summed E-state index contributed by atoms with van der Waals surface area (Å²) >= 11 is 0. The number of nitrogens with one attached hydrogen (secondary N) is 1. The van der Waals surface area contributed by atoms with E-state index in [1.165, 1.54) is 19.5 Å². The molecule has 1 amide bonds. The van der Waals surface area contributed by atoms with Crippen LogP contribution >= 0.6 is 0 Å². The maximum Gasteiger partial charge on any atom is 0.343 e. The van der Waals surface area contributed by atoms with Crippen molar-refractivity contribution in [1.82, 2.24) is 10.4 Å². The summed E-state index contributed by atoms with van der Waals surface area (Å²) in [5.41, 5.74) is 4.98. The van der Waals surface area contributed by atoms with E-state index in [0.29, 0.717) is 22.4 Å². The molecule has 0 unspecified atom stereocenters. The van der Waals surface area contributed by atoms with E-state index in [2.05, 4.69) is 15.5 Å². The number of aryl methyl sites for hydroxylation is 1. The maximum atomic E-state index is 12.3. The Labute approximate surface area is 168 Å². The molecule has 0 bridgehead atoms. The molecule has 3 rings (SSSR count). The summed E-state index contributed by atoms with van der Waals surface area (Å²) in [5.74, 6) is -0.193. The van der Waals surface area contributed by atoms with E-state index in [9.17, 15) is 9.59 Å².